The highest BCUT2D eigenvalue weighted by molar-refractivity contribution is 6.33. The van der Waals surface area contributed by atoms with Gasteiger partial charge in [0.05, 0.1) is 5.39 Å². The summed E-state index contributed by atoms with van der Waals surface area (Å²) < 4.78 is 0. The number of aliphatic hydroxyl groups is 1. The monoisotopic (exact) mass is 369 g/mol. The van der Waals surface area contributed by atoms with Crippen LogP contribution in [-0.2, 0) is 0 Å². The highest BCUT2D eigenvalue weighted by atomic mass is 35.5. The first-order valence-electron chi connectivity index (χ1n) is 8.55. The van der Waals surface area contributed by atoms with Crippen molar-refractivity contribution in [1.82, 2.24) is 19.9 Å². The number of halogens is 1. The van der Waals surface area contributed by atoms with E-state index in [2.05, 4.69) is 26.4 Å². The minimum absolute atomic E-state index is 0.603. The molecular formula is C19H20ClN5O. The van der Waals surface area contributed by atoms with Crippen molar-refractivity contribution < 1.29 is 5.11 Å². The second kappa shape index (κ2) is 7.07. The molecule has 1 aliphatic rings. The first-order valence-corrected chi connectivity index (χ1v) is 8.93. The van der Waals surface area contributed by atoms with E-state index in [0.717, 1.165) is 54.2 Å². The van der Waals surface area contributed by atoms with Gasteiger partial charge in [0.1, 0.15) is 24.0 Å². The quantitative estimate of drug-likeness (QED) is 0.692. The fourth-order valence-electron chi connectivity index (χ4n) is 3.43. The number of hydrogen-bond donors (Lipinski definition) is 2. The van der Waals surface area contributed by atoms with E-state index >= 15 is 0 Å². The Morgan fingerprint density at radius 2 is 1.92 bits per heavy atom. The van der Waals surface area contributed by atoms with Gasteiger partial charge in [0.15, 0.2) is 0 Å². The maximum atomic E-state index is 9.95. The van der Waals surface area contributed by atoms with E-state index < -0.39 is 6.23 Å². The zero-order chi connectivity index (χ0) is 18.1. The minimum Gasteiger partial charge on any atom is -0.375 e. The van der Waals surface area contributed by atoms with Crippen LogP contribution in [0, 0.1) is 0 Å². The molecule has 3 heterocycles. The summed E-state index contributed by atoms with van der Waals surface area (Å²) in [6.45, 7) is 6.68. The molecular weight excluding hydrogens is 350 g/mol. The van der Waals surface area contributed by atoms with Gasteiger partial charge in [0, 0.05) is 48.5 Å². The van der Waals surface area contributed by atoms with Gasteiger partial charge in [0.2, 0.25) is 0 Å². The van der Waals surface area contributed by atoms with Crippen LogP contribution in [0.25, 0.3) is 22.2 Å². The molecule has 0 saturated carbocycles. The van der Waals surface area contributed by atoms with Crippen molar-refractivity contribution in [2.75, 3.05) is 31.1 Å². The summed E-state index contributed by atoms with van der Waals surface area (Å²) >= 11 is 6.41. The maximum Gasteiger partial charge on any atom is 0.143 e. The fourth-order valence-corrected chi connectivity index (χ4v) is 3.66. The third-order valence-corrected chi connectivity index (χ3v) is 5.14. The number of aliphatic hydroxyl groups excluding tert-OH is 1. The smallest absolute Gasteiger partial charge is 0.143 e. The fraction of sp³-hybridized carbons (Fsp3) is 0.263. The SMILES string of the molecule is C=CC(O)N1CCN(c2ncnc3[nH]cc(-c4ccccc4Cl)c23)CC1. The number of benzene rings is 1. The lowest BCUT2D eigenvalue weighted by molar-refractivity contribution is 0.0380. The normalized spacial score (nSPS) is 16.8. The van der Waals surface area contributed by atoms with Gasteiger partial charge in [0.25, 0.3) is 0 Å². The van der Waals surface area contributed by atoms with E-state index in [1.165, 1.54) is 0 Å². The Bertz CT molecular complexity index is 933. The molecule has 0 aliphatic carbocycles. The molecule has 2 N–H and O–H groups in total. The molecule has 26 heavy (non-hydrogen) atoms. The number of fused-ring (bicyclic) bond motifs is 1. The van der Waals surface area contributed by atoms with Crippen molar-refractivity contribution in [3.63, 3.8) is 0 Å². The molecule has 3 aromatic rings. The molecule has 0 radical (unpaired) electrons. The molecule has 6 nitrogen and oxygen atoms in total. The van der Waals surface area contributed by atoms with Crippen molar-refractivity contribution in [1.29, 1.82) is 0 Å². The molecule has 1 saturated heterocycles. The van der Waals surface area contributed by atoms with Crippen LogP contribution in [0.5, 0.6) is 0 Å². The Morgan fingerprint density at radius 1 is 1.15 bits per heavy atom. The van der Waals surface area contributed by atoms with Crippen molar-refractivity contribution in [3.8, 4) is 11.1 Å². The highest BCUT2D eigenvalue weighted by Gasteiger charge is 2.24. The topological polar surface area (TPSA) is 68.3 Å². The summed E-state index contributed by atoms with van der Waals surface area (Å²) in [4.78, 5) is 16.4. The summed E-state index contributed by atoms with van der Waals surface area (Å²) in [5.74, 6) is 0.888. The number of aromatic amines is 1. The molecule has 2 aromatic heterocycles. The Morgan fingerprint density at radius 3 is 2.65 bits per heavy atom. The molecule has 0 bridgehead atoms. The van der Waals surface area contributed by atoms with Crippen molar-refractivity contribution in [2.45, 2.75) is 6.23 Å². The van der Waals surface area contributed by atoms with Gasteiger partial charge < -0.3 is 15.0 Å². The standard InChI is InChI=1S/C19H20ClN5O/c1-2-16(26)24-7-9-25(10-8-24)19-17-14(11-21-18(17)22-12-23-19)13-5-3-4-6-15(13)20/h2-6,11-12,16,26H,1,7-10H2,(H,21,22,23). The first kappa shape index (κ1) is 17.0. The second-order valence-electron chi connectivity index (χ2n) is 6.28. The van der Waals surface area contributed by atoms with Gasteiger partial charge in [-0.1, -0.05) is 36.4 Å². The van der Waals surface area contributed by atoms with E-state index in [-0.39, 0.29) is 0 Å². The van der Waals surface area contributed by atoms with Gasteiger partial charge in [-0.15, -0.1) is 0 Å². The summed E-state index contributed by atoms with van der Waals surface area (Å²) in [6.07, 6.45) is 4.46. The van der Waals surface area contributed by atoms with Gasteiger partial charge in [-0.2, -0.15) is 0 Å². The average molecular weight is 370 g/mol. The lowest BCUT2D eigenvalue weighted by Gasteiger charge is -2.37. The predicted molar refractivity (Wildman–Crippen MR) is 104 cm³/mol. The number of hydrogen-bond acceptors (Lipinski definition) is 5. The summed E-state index contributed by atoms with van der Waals surface area (Å²) in [7, 11) is 0. The number of anilines is 1. The number of nitrogens with one attached hydrogen (secondary N) is 1. The van der Waals surface area contributed by atoms with E-state index in [0.29, 0.717) is 5.02 Å². The van der Waals surface area contributed by atoms with Gasteiger partial charge in [-0.25, -0.2) is 9.97 Å². The second-order valence-corrected chi connectivity index (χ2v) is 6.68. The van der Waals surface area contributed by atoms with Crippen LogP contribution in [0.4, 0.5) is 5.82 Å². The van der Waals surface area contributed by atoms with Crippen LogP contribution in [0.15, 0.2) is 49.4 Å². The van der Waals surface area contributed by atoms with Crippen LogP contribution >= 0.6 is 11.6 Å². The Labute approximate surface area is 156 Å². The molecule has 1 atom stereocenters. The molecule has 1 fully saturated rings. The average Bonchev–Trinajstić information content (AvgIpc) is 3.12. The Kier molecular flexibility index (Phi) is 4.63. The van der Waals surface area contributed by atoms with Gasteiger partial charge in [-0.3, -0.25) is 4.90 Å². The number of H-pyrrole nitrogens is 1. The molecule has 0 amide bonds. The lowest BCUT2D eigenvalue weighted by atomic mass is 10.1. The van der Waals surface area contributed by atoms with Crippen molar-refractivity contribution >= 4 is 28.5 Å². The number of rotatable bonds is 4. The molecule has 4 rings (SSSR count). The first-order chi connectivity index (χ1) is 12.7. The largest absolute Gasteiger partial charge is 0.375 e. The molecule has 1 aromatic carbocycles. The van der Waals surface area contributed by atoms with E-state index in [1.807, 2.05) is 35.4 Å². The molecule has 0 spiro atoms. The maximum absolute atomic E-state index is 9.95. The van der Waals surface area contributed by atoms with Crippen LogP contribution in [-0.4, -0.2) is 57.4 Å². The van der Waals surface area contributed by atoms with Gasteiger partial charge >= 0.3 is 0 Å². The number of aromatic nitrogens is 3. The molecule has 134 valence electrons. The third kappa shape index (κ3) is 2.96. The predicted octanol–water partition coefficient (Wildman–Crippen LogP) is 2.90. The summed E-state index contributed by atoms with van der Waals surface area (Å²) in [5, 5.41) is 11.6. The van der Waals surface area contributed by atoms with Crippen LogP contribution in [0.2, 0.25) is 5.02 Å². The van der Waals surface area contributed by atoms with Crippen LogP contribution in [0.3, 0.4) is 0 Å². The molecule has 1 aliphatic heterocycles. The van der Waals surface area contributed by atoms with E-state index in [9.17, 15) is 5.11 Å². The van der Waals surface area contributed by atoms with Crippen molar-refractivity contribution in [3.05, 3.63) is 54.5 Å². The minimum atomic E-state index is -0.603. The van der Waals surface area contributed by atoms with Crippen molar-refractivity contribution in [2.24, 2.45) is 0 Å². The number of nitrogens with zero attached hydrogens (tertiary/aromatic N) is 4. The molecule has 7 heteroatoms. The van der Waals surface area contributed by atoms with Crippen LogP contribution < -0.4 is 4.90 Å². The van der Waals surface area contributed by atoms with E-state index in [4.69, 9.17) is 11.6 Å². The highest BCUT2D eigenvalue weighted by Crippen LogP contribution is 2.37. The van der Waals surface area contributed by atoms with Gasteiger partial charge in [-0.05, 0) is 12.1 Å². The lowest BCUT2D eigenvalue weighted by Crippen LogP contribution is -2.50. The number of piperazine rings is 1. The summed E-state index contributed by atoms with van der Waals surface area (Å²) in [6, 6.07) is 7.77. The zero-order valence-electron chi connectivity index (χ0n) is 14.3. The Balaban J connectivity index is 1.72. The molecule has 1 unspecified atom stereocenters. The van der Waals surface area contributed by atoms with E-state index in [1.54, 1.807) is 12.4 Å². The summed E-state index contributed by atoms with van der Waals surface area (Å²) in [5.41, 5.74) is 2.74. The van der Waals surface area contributed by atoms with Crippen LogP contribution in [0.1, 0.15) is 0 Å². The third-order valence-electron chi connectivity index (χ3n) is 4.81. The Hall–Kier alpha value is -2.41. The zero-order valence-corrected chi connectivity index (χ0v) is 15.0.